The highest BCUT2D eigenvalue weighted by Crippen LogP contribution is 2.54. The Morgan fingerprint density at radius 1 is 1.06 bits per heavy atom. The van der Waals surface area contributed by atoms with Crippen LogP contribution >= 0.6 is 0 Å². The average Bonchev–Trinajstić information content (AvgIpc) is 2.30. The molecule has 2 atom stereocenters. The smallest absolute Gasteiger partial charge is 0.0945 e. The van der Waals surface area contributed by atoms with Crippen molar-refractivity contribution < 1.29 is 9.84 Å². The van der Waals surface area contributed by atoms with Crippen LogP contribution in [-0.2, 0) is 28.6 Å². The van der Waals surface area contributed by atoms with Crippen molar-refractivity contribution >= 4 is 0 Å². The maximum absolute atomic E-state index is 9.61. The summed E-state index contributed by atoms with van der Waals surface area (Å²) in [5.41, 5.74) is 8.39. The molecule has 2 unspecified atom stereocenters. The van der Waals surface area contributed by atoms with Crippen LogP contribution in [0.15, 0.2) is 0 Å². The van der Waals surface area contributed by atoms with E-state index in [-0.39, 0.29) is 17.6 Å². The standard InChI is InChI=1S/C16H22O2/c1-9-12-7-16(4,18-5)14(12)10(2)11-6-15(3,8-17)13(9)11/h17H,6-8H2,1-5H3. The highest BCUT2D eigenvalue weighted by Gasteiger charge is 2.48. The third kappa shape index (κ3) is 1.16. The quantitative estimate of drug-likeness (QED) is 0.869. The van der Waals surface area contributed by atoms with Crippen molar-refractivity contribution in [1.29, 1.82) is 0 Å². The molecule has 0 bridgehead atoms. The summed E-state index contributed by atoms with van der Waals surface area (Å²) in [7, 11) is 1.80. The third-order valence-electron chi connectivity index (χ3n) is 5.27. The lowest BCUT2D eigenvalue weighted by molar-refractivity contribution is -0.0197. The van der Waals surface area contributed by atoms with Gasteiger partial charge in [-0.2, -0.15) is 0 Å². The molecule has 18 heavy (non-hydrogen) atoms. The summed E-state index contributed by atoms with van der Waals surface area (Å²) in [5, 5.41) is 9.61. The number of aliphatic hydroxyl groups excluding tert-OH is 1. The van der Waals surface area contributed by atoms with E-state index in [2.05, 4.69) is 27.7 Å². The molecule has 2 aliphatic carbocycles. The van der Waals surface area contributed by atoms with E-state index < -0.39 is 0 Å². The number of aliphatic hydroxyl groups is 1. The second kappa shape index (κ2) is 3.37. The van der Waals surface area contributed by atoms with Crippen LogP contribution in [0.3, 0.4) is 0 Å². The zero-order valence-corrected chi connectivity index (χ0v) is 12.0. The Labute approximate surface area is 109 Å². The normalized spacial score (nSPS) is 32.3. The zero-order chi connectivity index (χ0) is 13.3. The molecule has 0 aromatic heterocycles. The van der Waals surface area contributed by atoms with Crippen molar-refractivity contribution in [3.05, 3.63) is 33.4 Å². The molecule has 2 aliphatic rings. The van der Waals surface area contributed by atoms with Crippen molar-refractivity contribution in [2.45, 2.75) is 51.6 Å². The van der Waals surface area contributed by atoms with E-state index in [4.69, 9.17) is 4.74 Å². The van der Waals surface area contributed by atoms with Crippen LogP contribution in [0.4, 0.5) is 0 Å². The molecule has 1 N–H and O–H groups in total. The van der Waals surface area contributed by atoms with Gasteiger partial charge < -0.3 is 9.84 Å². The van der Waals surface area contributed by atoms with Gasteiger partial charge in [-0.1, -0.05) is 6.92 Å². The summed E-state index contributed by atoms with van der Waals surface area (Å²) >= 11 is 0. The summed E-state index contributed by atoms with van der Waals surface area (Å²) in [6.45, 7) is 9.02. The molecule has 0 radical (unpaired) electrons. The molecule has 0 saturated heterocycles. The van der Waals surface area contributed by atoms with Crippen LogP contribution in [0.25, 0.3) is 0 Å². The van der Waals surface area contributed by atoms with Gasteiger partial charge in [-0.3, -0.25) is 0 Å². The van der Waals surface area contributed by atoms with Crippen molar-refractivity contribution in [1.82, 2.24) is 0 Å². The summed E-state index contributed by atoms with van der Waals surface area (Å²) in [6, 6.07) is 0. The molecule has 1 aromatic carbocycles. The van der Waals surface area contributed by atoms with Gasteiger partial charge in [-0.05, 0) is 60.6 Å². The average molecular weight is 246 g/mol. The predicted molar refractivity (Wildman–Crippen MR) is 72.1 cm³/mol. The van der Waals surface area contributed by atoms with E-state index >= 15 is 0 Å². The van der Waals surface area contributed by atoms with Gasteiger partial charge >= 0.3 is 0 Å². The van der Waals surface area contributed by atoms with Gasteiger partial charge in [0.2, 0.25) is 0 Å². The molecule has 1 aromatic rings. The molecule has 98 valence electrons. The maximum Gasteiger partial charge on any atom is 0.0945 e. The van der Waals surface area contributed by atoms with Crippen LogP contribution in [0.5, 0.6) is 0 Å². The van der Waals surface area contributed by atoms with E-state index in [1.165, 1.54) is 33.4 Å². The second-order valence-electron chi connectivity index (χ2n) is 6.46. The number of ether oxygens (including phenoxy) is 1. The highest BCUT2D eigenvalue weighted by atomic mass is 16.5. The molecular formula is C16H22O2. The lowest BCUT2D eigenvalue weighted by Gasteiger charge is -2.50. The Balaban J connectivity index is 2.22. The first-order chi connectivity index (χ1) is 8.38. The van der Waals surface area contributed by atoms with E-state index in [0.717, 1.165) is 12.8 Å². The van der Waals surface area contributed by atoms with Crippen molar-refractivity contribution in [3.63, 3.8) is 0 Å². The SMILES string of the molecule is COC1(C)Cc2c(C)c3c(c(C)c21)CC3(C)CO. The summed E-state index contributed by atoms with van der Waals surface area (Å²) in [5.74, 6) is 0. The van der Waals surface area contributed by atoms with Gasteiger partial charge in [0.25, 0.3) is 0 Å². The number of hydrogen-bond donors (Lipinski definition) is 1. The molecule has 3 rings (SSSR count). The van der Waals surface area contributed by atoms with Crippen LogP contribution in [0.1, 0.15) is 47.2 Å². The fourth-order valence-corrected chi connectivity index (χ4v) is 4.10. The topological polar surface area (TPSA) is 29.5 Å². The van der Waals surface area contributed by atoms with Crippen molar-refractivity contribution in [2.75, 3.05) is 13.7 Å². The third-order valence-corrected chi connectivity index (χ3v) is 5.27. The van der Waals surface area contributed by atoms with Crippen molar-refractivity contribution in [3.8, 4) is 0 Å². The fourth-order valence-electron chi connectivity index (χ4n) is 4.10. The molecular weight excluding hydrogens is 224 g/mol. The van der Waals surface area contributed by atoms with E-state index in [1.807, 2.05) is 0 Å². The van der Waals surface area contributed by atoms with Gasteiger partial charge in [-0.25, -0.2) is 0 Å². The highest BCUT2D eigenvalue weighted by molar-refractivity contribution is 5.64. The largest absolute Gasteiger partial charge is 0.395 e. The maximum atomic E-state index is 9.61. The van der Waals surface area contributed by atoms with Gasteiger partial charge in [0.1, 0.15) is 0 Å². The zero-order valence-electron chi connectivity index (χ0n) is 12.0. The summed E-state index contributed by atoms with van der Waals surface area (Å²) in [4.78, 5) is 0. The van der Waals surface area contributed by atoms with Crippen LogP contribution in [0, 0.1) is 13.8 Å². The molecule has 0 spiro atoms. The number of fused-ring (bicyclic) bond motifs is 2. The molecule has 0 aliphatic heterocycles. The number of benzene rings is 1. The van der Waals surface area contributed by atoms with E-state index in [9.17, 15) is 5.11 Å². The number of rotatable bonds is 2. The Morgan fingerprint density at radius 3 is 2.17 bits per heavy atom. The molecule has 0 heterocycles. The summed E-state index contributed by atoms with van der Waals surface area (Å²) < 4.78 is 5.68. The molecule has 0 amide bonds. The van der Waals surface area contributed by atoms with Gasteiger partial charge in [-0.15, -0.1) is 0 Å². The first-order valence-corrected chi connectivity index (χ1v) is 6.70. The van der Waals surface area contributed by atoms with Crippen LogP contribution < -0.4 is 0 Å². The van der Waals surface area contributed by atoms with Gasteiger partial charge in [0.05, 0.1) is 12.2 Å². The minimum atomic E-state index is -0.0928. The minimum absolute atomic E-state index is 0.0156. The Morgan fingerprint density at radius 2 is 1.61 bits per heavy atom. The first kappa shape index (κ1) is 12.2. The van der Waals surface area contributed by atoms with Crippen LogP contribution in [0.2, 0.25) is 0 Å². The lowest BCUT2D eigenvalue weighted by atomic mass is 9.57. The van der Waals surface area contributed by atoms with Crippen molar-refractivity contribution in [2.24, 2.45) is 0 Å². The molecule has 2 heteroatoms. The second-order valence-corrected chi connectivity index (χ2v) is 6.46. The molecule has 2 nitrogen and oxygen atoms in total. The van der Waals surface area contributed by atoms with Gasteiger partial charge in [0.15, 0.2) is 0 Å². The first-order valence-electron chi connectivity index (χ1n) is 6.70. The Kier molecular flexibility index (Phi) is 2.28. The minimum Gasteiger partial charge on any atom is -0.395 e. The predicted octanol–water partition coefficient (Wildman–Crippen LogP) is 2.53. The van der Waals surface area contributed by atoms with E-state index in [1.54, 1.807) is 7.11 Å². The monoisotopic (exact) mass is 246 g/mol. The molecule has 0 saturated carbocycles. The fraction of sp³-hybridized carbons (Fsp3) is 0.625. The Hall–Kier alpha value is -0.860. The van der Waals surface area contributed by atoms with E-state index in [0.29, 0.717) is 0 Å². The lowest BCUT2D eigenvalue weighted by Crippen LogP contribution is -2.46. The molecule has 0 fully saturated rings. The van der Waals surface area contributed by atoms with Gasteiger partial charge in [0, 0.05) is 18.9 Å². The number of hydrogen-bond acceptors (Lipinski definition) is 2. The van der Waals surface area contributed by atoms with Crippen LogP contribution in [-0.4, -0.2) is 18.8 Å². The number of methoxy groups -OCH3 is 1. The Bertz CT molecular complexity index is 481. The summed E-state index contributed by atoms with van der Waals surface area (Å²) in [6.07, 6.45) is 2.00.